The second-order valence-electron chi connectivity index (χ2n) is 9.92. The van der Waals surface area contributed by atoms with Crippen LogP contribution in [-0.2, 0) is 19.0 Å². The molecular formula is C23H36O4. The van der Waals surface area contributed by atoms with E-state index in [0.717, 1.165) is 32.3 Å². The molecule has 2 saturated carbocycles. The Hall–Kier alpha value is -0.870. The smallest absolute Gasteiger partial charge is 0.302 e. The first kappa shape index (κ1) is 19.4. The Morgan fingerprint density at radius 2 is 2.04 bits per heavy atom. The molecule has 4 heteroatoms. The fourth-order valence-electron chi connectivity index (χ4n) is 7.14. The van der Waals surface area contributed by atoms with Gasteiger partial charge in [-0.3, -0.25) is 4.79 Å². The summed E-state index contributed by atoms with van der Waals surface area (Å²) >= 11 is 0. The van der Waals surface area contributed by atoms with E-state index in [1.54, 1.807) is 0 Å². The Bertz CT molecular complexity index is 603. The molecule has 0 aromatic heterocycles. The zero-order valence-corrected chi connectivity index (χ0v) is 17.5. The third-order valence-corrected chi connectivity index (χ3v) is 8.83. The molecule has 4 nitrogen and oxygen atoms in total. The van der Waals surface area contributed by atoms with Gasteiger partial charge in [0.2, 0.25) is 0 Å². The maximum absolute atomic E-state index is 11.7. The molecule has 27 heavy (non-hydrogen) atoms. The average Bonchev–Trinajstić information content (AvgIpc) is 3.20. The lowest BCUT2D eigenvalue weighted by Gasteiger charge is -2.63. The predicted molar refractivity (Wildman–Crippen MR) is 104 cm³/mol. The number of carbonyl (C=O) groups is 1. The van der Waals surface area contributed by atoms with E-state index in [4.69, 9.17) is 14.2 Å². The Morgan fingerprint density at radius 1 is 1.26 bits per heavy atom. The Labute approximate surface area is 164 Å². The van der Waals surface area contributed by atoms with Crippen molar-refractivity contribution in [3.05, 3.63) is 12.2 Å². The Kier molecular flexibility index (Phi) is 4.95. The molecule has 0 amide bonds. The second kappa shape index (κ2) is 6.88. The van der Waals surface area contributed by atoms with E-state index in [1.165, 1.54) is 25.3 Å². The molecule has 2 heterocycles. The molecule has 0 spiro atoms. The van der Waals surface area contributed by atoms with Crippen molar-refractivity contribution in [3.8, 4) is 0 Å². The van der Waals surface area contributed by atoms with Gasteiger partial charge >= 0.3 is 5.97 Å². The van der Waals surface area contributed by atoms with Crippen molar-refractivity contribution in [1.29, 1.82) is 0 Å². The summed E-state index contributed by atoms with van der Waals surface area (Å²) in [7, 11) is 0. The van der Waals surface area contributed by atoms with E-state index in [2.05, 4.69) is 27.4 Å². The van der Waals surface area contributed by atoms with Crippen LogP contribution >= 0.6 is 0 Å². The number of hydrogen-bond acceptors (Lipinski definition) is 4. The van der Waals surface area contributed by atoms with Crippen molar-refractivity contribution < 1.29 is 19.0 Å². The molecule has 0 aromatic carbocycles. The SMILES string of the molecule is C=C1CCC[C@H]2[C@@]1(COC(C)=O)[C@@H](C)C[C@@H](C)[C@]2(C)C1C[C@H]2CCO[C@H]2O1. The van der Waals surface area contributed by atoms with Crippen LogP contribution in [0.4, 0.5) is 0 Å². The zero-order chi connectivity index (χ0) is 19.4. The van der Waals surface area contributed by atoms with Gasteiger partial charge in [0.05, 0.1) is 12.7 Å². The molecular weight excluding hydrogens is 340 g/mol. The van der Waals surface area contributed by atoms with Crippen molar-refractivity contribution in [2.75, 3.05) is 13.2 Å². The molecule has 2 aliphatic carbocycles. The average molecular weight is 377 g/mol. The monoisotopic (exact) mass is 376 g/mol. The van der Waals surface area contributed by atoms with Gasteiger partial charge in [-0.25, -0.2) is 0 Å². The quantitative estimate of drug-likeness (QED) is 0.528. The van der Waals surface area contributed by atoms with Gasteiger partial charge in [0, 0.05) is 23.7 Å². The summed E-state index contributed by atoms with van der Waals surface area (Å²) in [6.07, 6.45) is 6.97. The molecule has 0 N–H and O–H groups in total. The van der Waals surface area contributed by atoms with E-state index < -0.39 is 0 Å². The molecule has 4 fully saturated rings. The minimum atomic E-state index is -0.186. The molecule has 8 atom stereocenters. The van der Waals surface area contributed by atoms with Crippen LogP contribution in [0, 0.1) is 34.5 Å². The molecule has 4 aliphatic rings. The fraction of sp³-hybridized carbons (Fsp3) is 0.870. The van der Waals surface area contributed by atoms with Crippen LogP contribution in [0.1, 0.15) is 66.2 Å². The van der Waals surface area contributed by atoms with E-state index >= 15 is 0 Å². The van der Waals surface area contributed by atoms with Crippen LogP contribution in [0.5, 0.6) is 0 Å². The van der Waals surface area contributed by atoms with Gasteiger partial charge in [0.1, 0.15) is 6.61 Å². The van der Waals surface area contributed by atoms with Gasteiger partial charge in [-0.2, -0.15) is 0 Å². The maximum atomic E-state index is 11.7. The number of esters is 1. The van der Waals surface area contributed by atoms with Crippen molar-refractivity contribution in [3.63, 3.8) is 0 Å². The highest BCUT2D eigenvalue weighted by atomic mass is 16.7. The normalized spacial score (nSPS) is 49.6. The van der Waals surface area contributed by atoms with Crippen LogP contribution in [0.15, 0.2) is 12.2 Å². The first-order valence-electron chi connectivity index (χ1n) is 10.9. The number of ether oxygens (including phenoxy) is 3. The lowest BCUT2D eigenvalue weighted by atomic mass is 9.42. The first-order chi connectivity index (χ1) is 12.8. The molecule has 2 saturated heterocycles. The third kappa shape index (κ3) is 2.81. The minimum absolute atomic E-state index is 0.00645. The van der Waals surface area contributed by atoms with Gasteiger partial charge in [-0.15, -0.1) is 0 Å². The Morgan fingerprint density at radius 3 is 2.74 bits per heavy atom. The zero-order valence-electron chi connectivity index (χ0n) is 17.5. The van der Waals surface area contributed by atoms with Crippen LogP contribution in [0.2, 0.25) is 0 Å². The fourth-order valence-corrected chi connectivity index (χ4v) is 7.14. The number of fused-ring (bicyclic) bond motifs is 2. The van der Waals surface area contributed by atoms with Gasteiger partial charge in [0.15, 0.2) is 6.29 Å². The lowest BCUT2D eigenvalue weighted by Crippen LogP contribution is -2.61. The van der Waals surface area contributed by atoms with Crippen LogP contribution in [0.3, 0.4) is 0 Å². The minimum Gasteiger partial charge on any atom is -0.465 e. The van der Waals surface area contributed by atoms with Crippen molar-refractivity contribution in [1.82, 2.24) is 0 Å². The number of carbonyl (C=O) groups excluding carboxylic acids is 1. The molecule has 0 bridgehead atoms. The van der Waals surface area contributed by atoms with E-state index in [1.807, 2.05) is 0 Å². The van der Waals surface area contributed by atoms with Crippen LogP contribution in [0.25, 0.3) is 0 Å². The summed E-state index contributed by atoms with van der Waals surface area (Å²) < 4.78 is 18.1. The van der Waals surface area contributed by atoms with Gasteiger partial charge in [-0.1, -0.05) is 32.9 Å². The number of rotatable bonds is 3. The van der Waals surface area contributed by atoms with Gasteiger partial charge in [-0.05, 0) is 56.3 Å². The summed E-state index contributed by atoms with van der Waals surface area (Å²) in [5, 5.41) is 0. The molecule has 0 aromatic rings. The van der Waals surface area contributed by atoms with Crippen molar-refractivity contribution >= 4 is 5.97 Å². The van der Waals surface area contributed by atoms with Crippen LogP contribution < -0.4 is 0 Å². The van der Waals surface area contributed by atoms with Crippen molar-refractivity contribution in [2.24, 2.45) is 34.5 Å². The molecule has 4 rings (SSSR count). The first-order valence-corrected chi connectivity index (χ1v) is 10.9. The molecule has 1 unspecified atom stereocenters. The highest BCUT2D eigenvalue weighted by molar-refractivity contribution is 5.66. The van der Waals surface area contributed by atoms with Gasteiger partial charge < -0.3 is 14.2 Å². The second-order valence-corrected chi connectivity index (χ2v) is 9.92. The summed E-state index contributed by atoms with van der Waals surface area (Å²) in [4.78, 5) is 11.7. The molecule has 0 radical (unpaired) electrons. The largest absolute Gasteiger partial charge is 0.465 e. The van der Waals surface area contributed by atoms with Gasteiger partial charge in [0.25, 0.3) is 0 Å². The predicted octanol–water partition coefficient (Wildman–Crippen LogP) is 4.73. The summed E-state index contributed by atoms with van der Waals surface area (Å²) in [5.41, 5.74) is 1.23. The van der Waals surface area contributed by atoms with Crippen LogP contribution in [-0.4, -0.2) is 31.6 Å². The van der Waals surface area contributed by atoms with E-state index in [-0.39, 0.29) is 29.2 Å². The highest BCUT2D eigenvalue weighted by Gasteiger charge is 2.64. The molecule has 2 aliphatic heterocycles. The Balaban J connectivity index is 1.71. The van der Waals surface area contributed by atoms with E-state index in [9.17, 15) is 4.79 Å². The highest BCUT2D eigenvalue weighted by Crippen LogP contribution is 2.66. The standard InChI is InChI=1S/C23H36O4/c1-14-7-6-8-19-22(5,20-12-18-9-10-25-21(18)27-20)15(2)11-16(3)23(14,19)13-26-17(4)24/h15-16,18-21H,1,6-13H2,2-5H3/t15-,16+,18-,19-,20?,21+,22+,23-/m1/s1. The van der Waals surface area contributed by atoms with E-state index in [0.29, 0.717) is 30.3 Å². The lowest BCUT2D eigenvalue weighted by molar-refractivity contribution is -0.207. The molecule has 152 valence electrons. The summed E-state index contributed by atoms with van der Waals surface area (Å²) in [5.74, 6) is 1.84. The van der Waals surface area contributed by atoms with Crippen molar-refractivity contribution in [2.45, 2.75) is 78.6 Å². The maximum Gasteiger partial charge on any atom is 0.302 e. The number of hydrogen-bond donors (Lipinski definition) is 0. The topological polar surface area (TPSA) is 44.8 Å². The third-order valence-electron chi connectivity index (χ3n) is 8.83. The summed E-state index contributed by atoms with van der Waals surface area (Å²) in [6, 6.07) is 0. The summed E-state index contributed by atoms with van der Waals surface area (Å²) in [6.45, 7) is 14.5.